The highest BCUT2D eigenvalue weighted by Gasteiger charge is 2.15. The van der Waals surface area contributed by atoms with Crippen LogP contribution in [0.2, 0.25) is 0 Å². The van der Waals surface area contributed by atoms with Crippen molar-refractivity contribution in [3.8, 4) is 27.9 Å². The summed E-state index contributed by atoms with van der Waals surface area (Å²) in [5.74, 6) is 0. The van der Waals surface area contributed by atoms with Crippen LogP contribution < -0.4 is 4.90 Å². The smallest absolute Gasteiger partial charge is 0.0541 e. The van der Waals surface area contributed by atoms with E-state index in [-0.39, 0.29) is 0 Å². The number of para-hydroxylation sites is 4. The van der Waals surface area contributed by atoms with Gasteiger partial charge < -0.3 is 9.47 Å². The molecule has 2 nitrogen and oxygen atoms in total. The summed E-state index contributed by atoms with van der Waals surface area (Å²) in [4.78, 5) is 2.30. The highest BCUT2D eigenvalue weighted by molar-refractivity contribution is 6.26. The Morgan fingerprint density at radius 2 is 0.607 bits per heavy atom. The molecule has 1 heterocycles. The maximum atomic E-state index is 2.38. The zero-order valence-corrected chi connectivity index (χ0v) is 30.7. The van der Waals surface area contributed by atoms with Gasteiger partial charge in [0.1, 0.15) is 0 Å². The van der Waals surface area contributed by atoms with Crippen LogP contribution in [0.4, 0.5) is 17.1 Å². The van der Waals surface area contributed by atoms with Crippen molar-refractivity contribution in [3.05, 3.63) is 218 Å². The molecular formula is C54H36N2. The van der Waals surface area contributed by atoms with Crippen LogP contribution in [0.25, 0.3) is 82.1 Å². The predicted molar refractivity (Wildman–Crippen MR) is 239 cm³/mol. The van der Waals surface area contributed by atoms with Crippen LogP contribution in [0.3, 0.4) is 0 Å². The summed E-state index contributed by atoms with van der Waals surface area (Å²) in [5, 5.41) is 10.2. The molecule has 0 bridgehead atoms. The van der Waals surface area contributed by atoms with E-state index in [1.165, 1.54) is 82.1 Å². The number of nitrogens with zero attached hydrogens (tertiary/aromatic N) is 2. The third-order valence-corrected chi connectivity index (χ3v) is 11.4. The van der Waals surface area contributed by atoms with Gasteiger partial charge in [-0.25, -0.2) is 0 Å². The second-order valence-electron chi connectivity index (χ2n) is 14.5. The van der Waals surface area contributed by atoms with Crippen molar-refractivity contribution in [1.82, 2.24) is 4.57 Å². The number of fused-ring (bicyclic) bond motifs is 9. The Hall–Kier alpha value is -7.42. The van der Waals surface area contributed by atoms with Crippen LogP contribution in [0.5, 0.6) is 0 Å². The molecule has 0 unspecified atom stereocenters. The molecular weight excluding hydrogens is 677 g/mol. The monoisotopic (exact) mass is 712 g/mol. The lowest BCUT2D eigenvalue weighted by Gasteiger charge is -2.25. The minimum absolute atomic E-state index is 1.13. The summed E-state index contributed by atoms with van der Waals surface area (Å²) >= 11 is 0. The molecule has 0 amide bonds. The van der Waals surface area contributed by atoms with Crippen molar-refractivity contribution in [2.45, 2.75) is 0 Å². The van der Waals surface area contributed by atoms with Gasteiger partial charge in [0.2, 0.25) is 0 Å². The number of hydrogen-bond donors (Lipinski definition) is 0. The summed E-state index contributed by atoms with van der Waals surface area (Å²) in [6.45, 7) is 0. The van der Waals surface area contributed by atoms with Gasteiger partial charge in [0.25, 0.3) is 0 Å². The van der Waals surface area contributed by atoms with Gasteiger partial charge in [-0.15, -0.1) is 0 Å². The van der Waals surface area contributed by atoms with Gasteiger partial charge in [-0.3, -0.25) is 0 Å². The summed E-state index contributed by atoms with van der Waals surface area (Å²) in [5.41, 5.74) is 11.8. The fourth-order valence-electron chi connectivity index (χ4n) is 8.72. The van der Waals surface area contributed by atoms with Crippen LogP contribution >= 0.6 is 0 Å². The van der Waals surface area contributed by atoms with Gasteiger partial charge in [0.15, 0.2) is 0 Å². The van der Waals surface area contributed by atoms with E-state index in [1.807, 2.05) is 0 Å². The Kier molecular flexibility index (Phi) is 7.53. The van der Waals surface area contributed by atoms with E-state index in [0.29, 0.717) is 0 Å². The second-order valence-corrected chi connectivity index (χ2v) is 14.5. The van der Waals surface area contributed by atoms with Gasteiger partial charge in [-0.05, 0) is 127 Å². The highest BCUT2D eigenvalue weighted by Crippen LogP contribution is 2.41. The SMILES string of the molecule is c1ccc(N(c2ccccc2)c2ccc(-c3ccc4c5ccc(-c6ccc(-n7c8ccccc8c8ccccc87)cc6)cc5c5ccccc5c4c3)cc2)cc1. The number of hydrogen-bond acceptors (Lipinski definition) is 1. The molecule has 0 radical (unpaired) electrons. The molecule has 11 aromatic rings. The first-order chi connectivity index (χ1) is 27.8. The van der Waals surface area contributed by atoms with E-state index in [0.717, 1.165) is 17.1 Å². The fourth-order valence-corrected chi connectivity index (χ4v) is 8.72. The maximum Gasteiger partial charge on any atom is 0.0541 e. The fraction of sp³-hybridized carbons (Fsp3) is 0. The van der Waals surface area contributed by atoms with Crippen LogP contribution in [0.15, 0.2) is 218 Å². The second kappa shape index (κ2) is 13.2. The minimum Gasteiger partial charge on any atom is -0.311 e. The largest absolute Gasteiger partial charge is 0.311 e. The predicted octanol–water partition coefficient (Wildman–Crippen LogP) is 15.0. The minimum atomic E-state index is 1.13. The zero-order valence-electron chi connectivity index (χ0n) is 30.7. The van der Waals surface area contributed by atoms with E-state index in [1.54, 1.807) is 0 Å². The third kappa shape index (κ3) is 5.26. The normalized spacial score (nSPS) is 11.6. The number of anilines is 3. The van der Waals surface area contributed by atoms with Crippen molar-refractivity contribution in [2.24, 2.45) is 0 Å². The Balaban J connectivity index is 0.970. The lowest BCUT2D eigenvalue weighted by molar-refractivity contribution is 1.18. The number of aromatic nitrogens is 1. The first-order valence-electron chi connectivity index (χ1n) is 19.3. The van der Waals surface area contributed by atoms with Gasteiger partial charge in [-0.2, -0.15) is 0 Å². The first-order valence-corrected chi connectivity index (χ1v) is 19.3. The number of benzene rings is 10. The van der Waals surface area contributed by atoms with E-state index in [9.17, 15) is 0 Å². The van der Waals surface area contributed by atoms with Crippen LogP contribution in [0, 0.1) is 0 Å². The van der Waals surface area contributed by atoms with Crippen molar-refractivity contribution in [1.29, 1.82) is 0 Å². The summed E-state index contributed by atoms with van der Waals surface area (Å²) in [6, 6.07) is 79.3. The Morgan fingerprint density at radius 3 is 1.09 bits per heavy atom. The molecule has 56 heavy (non-hydrogen) atoms. The zero-order chi connectivity index (χ0) is 37.0. The summed E-state index contributed by atoms with van der Waals surface area (Å²) < 4.78 is 2.38. The van der Waals surface area contributed by atoms with E-state index in [4.69, 9.17) is 0 Å². The molecule has 2 heteroatoms. The van der Waals surface area contributed by atoms with E-state index >= 15 is 0 Å². The molecule has 10 aromatic carbocycles. The molecule has 262 valence electrons. The Labute approximate surface area is 325 Å². The third-order valence-electron chi connectivity index (χ3n) is 11.4. The first kappa shape index (κ1) is 32.0. The van der Waals surface area contributed by atoms with Crippen molar-refractivity contribution < 1.29 is 0 Å². The van der Waals surface area contributed by atoms with Gasteiger partial charge in [-0.1, -0.05) is 146 Å². The standard InChI is InChI=1S/C54H36N2/c1-3-13-41(14-4-1)55(42-15-5-2-6-16-42)43-29-23-37(24-30-43)39-27-33-47-48-34-28-40(36-52(48)46-18-8-7-17-45(46)51(47)35-39)38-25-31-44(32-26-38)56-53-21-11-9-19-49(53)50-20-10-12-22-54(50)56/h1-36H. The quantitative estimate of drug-likeness (QED) is 0.156. The van der Waals surface area contributed by atoms with Crippen LogP contribution in [0.1, 0.15) is 0 Å². The highest BCUT2D eigenvalue weighted by atomic mass is 15.1. The summed E-state index contributed by atoms with van der Waals surface area (Å²) in [7, 11) is 0. The topological polar surface area (TPSA) is 8.17 Å². The molecule has 0 saturated carbocycles. The molecule has 0 N–H and O–H groups in total. The van der Waals surface area contributed by atoms with Crippen LogP contribution in [-0.4, -0.2) is 4.57 Å². The van der Waals surface area contributed by atoms with Crippen LogP contribution in [-0.2, 0) is 0 Å². The van der Waals surface area contributed by atoms with Crippen molar-refractivity contribution >= 4 is 71.2 Å². The molecule has 1 aromatic heterocycles. The molecule has 0 spiro atoms. The molecule has 0 fully saturated rings. The van der Waals surface area contributed by atoms with Gasteiger partial charge >= 0.3 is 0 Å². The average Bonchev–Trinajstić information content (AvgIpc) is 3.62. The molecule has 11 rings (SSSR count). The van der Waals surface area contributed by atoms with Gasteiger partial charge in [0, 0.05) is 33.5 Å². The lowest BCUT2D eigenvalue weighted by atomic mass is 9.90. The molecule has 0 aliphatic heterocycles. The van der Waals surface area contributed by atoms with Gasteiger partial charge in [0.05, 0.1) is 11.0 Å². The molecule has 0 aliphatic rings. The molecule has 0 atom stereocenters. The lowest BCUT2D eigenvalue weighted by Crippen LogP contribution is -2.09. The molecule has 0 saturated heterocycles. The van der Waals surface area contributed by atoms with E-state index in [2.05, 4.69) is 228 Å². The average molecular weight is 713 g/mol. The Bertz CT molecular complexity index is 3100. The van der Waals surface area contributed by atoms with Crippen molar-refractivity contribution in [2.75, 3.05) is 4.90 Å². The molecule has 0 aliphatic carbocycles. The van der Waals surface area contributed by atoms with E-state index < -0.39 is 0 Å². The summed E-state index contributed by atoms with van der Waals surface area (Å²) in [6.07, 6.45) is 0. The van der Waals surface area contributed by atoms with Crippen molar-refractivity contribution in [3.63, 3.8) is 0 Å². The maximum absolute atomic E-state index is 2.38. The Morgan fingerprint density at radius 1 is 0.250 bits per heavy atom. The number of rotatable bonds is 6.